The van der Waals surface area contributed by atoms with E-state index in [1.807, 2.05) is 19.0 Å². The third kappa shape index (κ3) is 4.33. The number of hydrogen-bond acceptors (Lipinski definition) is 4. The molecule has 0 unspecified atom stereocenters. The van der Waals surface area contributed by atoms with Gasteiger partial charge in [-0.2, -0.15) is 0 Å². The van der Waals surface area contributed by atoms with E-state index < -0.39 is 0 Å². The molecule has 0 spiro atoms. The average molecular weight is 250 g/mol. The quantitative estimate of drug-likeness (QED) is 0.820. The van der Waals surface area contributed by atoms with Crippen LogP contribution in [0.4, 0.5) is 5.82 Å². The number of aromatic nitrogens is 1. The highest BCUT2D eigenvalue weighted by atomic mass is 16.2. The van der Waals surface area contributed by atoms with E-state index in [0.29, 0.717) is 11.4 Å². The van der Waals surface area contributed by atoms with Gasteiger partial charge in [0.05, 0.1) is 5.56 Å². The van der Waals surface area contributed by atoms with Crippen LogP contribution < -0.4 is 5.73 Å². The minimum absolute atomic E-state index is 0.0196. The fourth-order valence-corrected chi connectivity index (χ4v) is 1.62. The Morgan fingerprint density at radius 3 is 2.50 bits per heavy atom. The van der Waals surface area contributed by atoms with Crippen molar-refractivity contribution in [2.24, 2.45) is 0 Å². The maximum Gasteiger partial charge on any atom is 0.255 e. The molecular formula is C13H22N4O. The van der Waals surface area contributed by atoms with Gasteiger partial charge < -0.3 is 15.5 Å². The number of carbonyl (C=O) groups is 1. The van der Waals surface area contributed by atoms with Crippen molar-refractivity contribution < 1.29 is 4.79 Å². The highest BCUT2D eigenvalue weighted by Gasteiger charge is 2.15. The number of pyridine rings is 1. The van der Waals surface area contributed by atoms with Gasteiger partial charge in [-0.1, -0.05) is 6.92 Å². The Labute approximate surface area is 109 Å². The molecule has 2 N–H and O–H groups in total. The minimum Gasteiger partial charge on any atom is -0.384 e. The van der Waals surface area contributed by atoms with Gasteiger partial charge in [0.2, 0.25) is 0 Å². The molecule has 1 aromatic rings. The van der Waals surface area contributed by atoms with Crippen molar-refractivity contribution >= 4 is 11.7 Å². The summed E-state index contributed by atoms with van der Waals surface area (Å²) in [6.07, 6.45) is 2.48. The molecule has 0 aliphatic heterocycles. The fourth-order valence-electron chi connectivity index (χ4n) is 1.62. The molecule has 5 heteroatoms. The zero-order chi connectivity index (χ0) is 13.5. The Bertz CT molecular complexity index is 375. The maximum absolute atomic E-state index is 12.3. The molecule has 0 aromatic carbocycles. The number of carbonyl (C=O) groups excluding carboxylic acids is 1. The molecule has 0 atom stereocenters. The number of nitrogens with two attached hydrogens (primary N) is 1. The second kappa shape index (κ2) is 6.96. The normalized spacial score (nSPS) is 10.7. The lowest BCUT2D eigenvalue weighted by Crippen LogP contribution is -2.37. The number of amides is 1. The molecule has 100 valence electrons. The zero-order valence-corrected chi connectivity index (χ0v) is 11.4. The smallest absolute Gasteiger partial charge is 0.255 e. The lowest BCUT2D eigenvalue weighted by molar-refractivity contribution is 0.0744. The van der Waals surface area contributed by atoms with Crippen LogP contribution in [0.5, 0.6) is 0 Å². The molecular weight excluding hydrogens is 228 g/mol. The Morgan fingerprint density at radius 2 is 2.00 bits per heavy atom. The molecule has 1 aromatic heterocycles. The first-order valence-corrected chi connectivity index (χ1v) is 6.20. The predicted octanol–water partition coefficient (Wildman–Crippen LogP) is 1.08. The van der Waals surface area contributed by atoms with Crippen LogP contribution in [-0.2, 0) is 0 Å². The molecule has 1 heterocycles. The lowest BCUT2D eigenvalue weighted by Gasteiger charge is -2.23. The van der Waals surface area contributed by atoms with Crippen LogP contribution in [0, 0.1) is 0 Å². The Balaban J connectivity index is 2.72. The number of nitrogens with zero attached hydrogens (tertiary/aromatic N) is 3. The second-order valence-electron chi connectivity index (χ2n) is 4.57. The molecule has 0 bridgehead atoms. The summed E-state index contributed by atoms with van der Waals surface area (Å²) in [4.78, 5) is 20.2. The maximum atomic E-state index is 12.3. The van der Waals surface area contributed by atoms with Gasteiger partial charge in [0.15, 0.2) is 0 Å². The summed E-state index contributed by atoms with van der Waals surface area (Å²) in [7, 11) is 4.00. The van der Waals surface area contributed by atoms with Crippen molar-refractivity contribution in [1.82, 2.24) is 14.8 Å². The summed E-state index contributed by atoms with van der Waals surface area (Å²) in [6, 6.07) is 3.38. The number of nitrogen functional groups attached to an aromatic ring is 1. The summed E-state index contributed by atoms with van der Waals surface area (Å²) in [5.41, 5.74) is 6.11. The molecule has 0 aliphatic carbocycles. The van der Waals surface area contributed by atoms with Gasteiger partial charge in [-0.3, -0.25) is 4.79 Å². The van der Waals surface area contributed by atoms with Crippen LogP contribution in [0.3, 0.4) is 0 Å². The van der Waals surface area contributed by atoms with E-state index in [9.17, 15) is 4.79 Å². The van der Waals surface area contributed by atoms with Gasteiger partial charge in [0.1, 0.15) is 5.82 Å². The van der Waals surface area contributed by atoms with Crippen molar-refractivity contribution in [3.8, 4) is 0 Å². The number of rotatable bonds is 6. The first kappa shape index (κ1) is 14.4. The molecule has 0 saturated carbocycles. The van der Waals surface area contributed by atoms with Crippen LogP contribution in [0.2, 0.25) is 0 Å². The van der Waals surface area contributed by atoms with E-state index in [4.69, 9.17) is 5.73 Å². The molecule has 18 heavy (non-hydrogen) atoms. The van der Waals surface area contributed by atoms with Crippen molar-refractivity contribution in [2.75, 3.05) is 39.5 Å². The van der Waals surface area contributed by atoms with Gasteiger partial charge in [0, 0.05) is 25.8 Å². The number of likely N-dealkylation sites (N-methyl/N-ethyl adjacent to an activating group) is 1. The summed E-state index contributed by atoms with van der Waals surface area (Å²) < 4.78 is 0. The third-order valence-electron chi connectivity index (χ3n) is 2.63. The van der Waals surface area contributed by atoms with Gasteiger partial charge in [0.25, 0.3) is 5.91 Å². The summed E-state index contributed by atoms with van der Waals surface area (Å²) in [6.45, 7) is 4.41. The third-order valence-corrected chi connectivity index (χ3v) is 2.63. The monoisotopic (exact) mass is 250 g/mol. The van der Waals surface area contributed by atoms with Crippen molar-refractivity contribution in [1.29, 1.82) is 0 Å². The van der Waals surface area contributed by atoms with Crippen molar-refractivity contribution in [3.63, 3.8) is 0 Å². The van der Waals surface area contributed by atoms with Gasteiger partial charge in [-0.25, -0.2) is 4.98 Å². The van der Waals surface area contributed by atoms with Crippen LogP contribution in [-0.4, -0.2) is 54.4 Å². The molecule has 0 fully saturated rings. The molecule has 0 saturated heterocycles. The highest BCUT2D eigenvalue weighted by Crippen LogP contribution is 2.06. The van der Waals surface area contributed by atoms with E-state index in [1.54, 1.807) is 12.1 Å². The molecule has 1 rings (SSSR count). The van der Waals surface area contributed by atoms with E-state index in [-0.39, 0.29) is 5.91 Å². The van der Waals surface area contributed by atoms with Crippen LogP contribution in [0.1, 0.15) is 23.7 Å². The van der Waals surface area contributed by atoms with Crippen LogP contribution >= 0.6 is 0 Å². The number of anilines is 1. The zero-order valence-electron chi connectivity index (χ0n) is 11.4. The molecule has 5 nitrogen and oxygen atoms in total. The Morgan fingerprint density at radius 1 is 1.28 bits per heavy atom. The first-order valence-electron chi connectivity index (χ1n) is 6.20. The largest absolute Gasteiger partial charge is 0.384 e. The van der Waals surface area contributed by atoms with E-state index in [0.717, 1.165) is 26.1 Å². The summed E-state index contributed by atoms with van der Waals surface area (Å²) in [5.74, 6) is 0.452. The molecule has 1 amide bonds. The predicted molar refractivity (Wildman–Crippen MR) is 73.4 cm³/mol. The standard InChI is InChI=1S/C13H22N4O/c1-4-7-17(9-8-16(2)3)13(18)11-5-6-12(14)15-10-11/h5-6,10H,4,7-9H2,1-3H3,(H2,14,15). The fraction of sp³-hybridized carbons (Fsp3) is 0.538. The average Bonchev–Trinajstić information content (AvgIpc) is 2.34. The minimum atomic E-state index is 0.0196. The number of hydrogen-bond donors (Lipinski definition) is 1. The summed E-state index contributed by atoms with van der Waals surface area (Å²) >= 11 is 0. The highest BCUT2D eigenvalue weighted by molar-refractivity contribution is 5.94. The SMILES string of the molecule is CCCN(CCN(C)C)C(=O)c1ccc(N)nc1. The van der Waals surface area contributed by atoms with Gasteiger partial charge in [-0.15, -0.1) is 0 Å². The molecule has 0 radical (unpaired) electrons. The van der Waals surface area contributed by atoms with Gasteiger partial charge in [-0.05, 0) is 32.6 Å². The first-order chi connectivity index (χ1) is 8.54. The van der Waals surface area contributed by atoms with Crippen molar-refractivity contribution in [3.05, 3.63) is 23.9 Å². The second-order valence-corrected chi connectivity index (χ2v) is 4.57. The van der Waals surface area contributed by atoms with E-state index in [2.05, 4.69) is 16.8 Å². The van der Waals surface area contributed by atoms with Crippen LogP contribution in [0.15, 0.2) is 18.3 Å². The van der Waals surface area contributed by atoms with Crippen molar-refractivity contribution in [2.45, 2.75) is 13.3 Å². The van der Waals surface area contributed by atoms with Gasteiger partial charge >= 0.3 is 0 Å². The van der Waals surface area contributed by atoms with E-state index >= 15 is 0 Å². The Hall–Kier alpha value is -1.62. The topological polar surface area (TPSA) is 62.5 Å². The summed E-state index contributed by atoms with van der Waals surface area (Å²) in [5, 5.41) is 0. The molecule has 0 aliphatic rings. The van der Waals surface area contributed by atoms with Crippen LogP contribution in [0.25, 0.3) is 0 Å². The Kier molecular flexibility index (Phi) is 5.58. The van der Waals surface area contributed by atoms with E-state index in [1.165, 1.54) is 6.20 Å². The lowest BCUT2D eigenvalue weighted by atomic mass is 10.2.